The molecule has 1 saturated carbocycles. The molecule has 2 amide bonds. The van der Waals surface area contributed by atoms with E-state index in [1.807, 2.05) is 62.8 Å². The molecular weight excluding hydrogens is 564 g/mol. The summed E-state index contributed by atoms with van der Waals surface area (Å²) in [6.07, 6.45) is 7.09. The van der Waals surface area contributed by atoms with Gasteiger partial charge in [-0.3, -0.25) is 4.90 Å². The third-order valence-electron chi connectivity index (χ3n) is 8.50. The number of fused-ring (bicyclic) bond motifs is 2. The highest BCUT2D eigenvalue weighted by molar-refractivity contribution is 5.88. The minimum Gasteiger partial charge on any atom is -0.465 e. The number of nitrogens with one attached hydrogen (secondary N) is 1. The Morgan fingerprint density at radius 1 is 1.18 bits per heavy atom. The Kier molecular flexibility index (Phi) is 7.82. The average molecular weight is 605 g/mol. The van der Waals surface area contributed by atoms with Crippen molar-refractivity contribution in [2.75, 3.05) is 29.9 Å². The van der Waals surface area contributed by atoms with Gasteiger partial charge in [-0.15, -0.1) is 0 Å². The van der Waals surface area contributed by atoms with Gasteiger partial charge in [0.25, 0.3) is 0 Å². The zero-order valence-electron chi connectivity index (χ0n) is 25.6. The predicted octanol–water partition coefficient (Wildman–Crippen LogP) is 4.67. The number of aryl methyl sites for hydroxylation is 1. The first-order chi connectivity index (χ1) is 21.0. The van der Waals surface area contributed by atoms with Crippen LogP contribution in [-0.2, 0) is 11.3 Å². The van der Waals surface area contributed by atoms with Crippen molar-refractivity contribution in [2.45, 2.75) is 77.5 Å². The maximum atomic E-state index is 13.8. The van der Waals surface area contributed by atoms with Crippen LogP contribution >= 0.6 is 0 Å². The van der Waals surface area contributed by atoms with Crippen LogP contribution < -0.4 is 10.2 Å². The van der Waals surface area contributed by atoms with E-state index in [4.69, 9.17) is 19.8 Å². The van der Waals surface area contributed by atoms with Crippen LogP contribution in [0.25, 0.3) is 11.3 Å². The molecule has 5 heterocycles. The number of piperidine rings is 1. The molecular formula is C31H40N8O5. The van der Waals surface area contributed by atoms with E-state index < -0.39 is 23.9 Å². The van der Waals surface area contributed by atoms with Crippen molar-refractivity contribution < 1.29 is 24.5 Å². The normalized spacial score (nSPS) is 19.2. The average Bonchev–Trinajstić information content (AvgIpc) is 3.54. The van der Waals surface area contributed by atoms with Crippen LogP contribution in [0.3, 0.4) is 0 Å². The van der Waals surface area contributed by atoms with Gasteiger partial charge in [-0.25, -0.2) is 19.6 Å². The summed E-state index contributed by atoms with van der Waals surface area (Å²) in [5, 5.41) is 28.1. The number of aliphatic hydroxyl groups excluding tert-OH is 1. The molecule has 234 valence electrons. The van der Waals surface area contributed by atoms with E-state index in [9.17, 15) is 19.8 Å². The van der Waals surface area contributed by atoms with Gasteiger partial charge >= 0.3 is 12.2 Å². The molecule has 2 fully saturated rings. The smallest absolute Gasteiger partial charge is 0.416 e. The fraction of sp³-hybridized carbons (Fsp3) is 0.516. The SMILES string of the molecule is Cc1cccn2cc(CN(C(=O)OC(C)(C)C)c3cc(NCC4CCN(C(=O)O)CC4O)nc4c(C5CCC5)cnn34)nc12. The first kappa shape index (κ1) is 29.7. The summed E-state index contributed by atoms with van der Waals surface area (Å²) < 4.78 is 9.52. The van der Waals surface area contributed by atoms with E-state index in [1.54, 1.807) is 15.5 Å². The maximum absolute atomic E-state index is 13.8. The highest BCUT2D eigenvalue weighted by atomic mass is 16.6. The topological polar surface area (TPSA) is 150 Å². The number of nitrogens with zero attached hydrogens (tertiary/aromatic N) is 7. The number of hydrogen-bond acceptors (Lipinski definition) is 8. The van der Waals surface area contributed by atoms with Gasteiger partial charge < -0.3 is 29.6 Å². The lowest BCUT2D eigenvalue weighted by atomic mass is 9.81. The summed E-state index contributed by atoms with van der Waals surface area (Å²) in [7, 11) is 0. The molecule has 4 aromatic heterocycles. The largest absolute Gasteiger partial charge is 0.465 e. The first-order valence-electron chi connectivity index (χ1n) is 15.2. The van der Waals surface area contributed by atoms with E-state index >= 15 is 0 Å². The molecule has 44 heavy (non-hydrogen) atoms. The summed E-state index contributed by atoms with van der Waals surface area (Å²) in [6.45, 7) is 8.44. The molecule has 3 N–H and O–H groups in total. The number of aromatic nitrogens is 5. The number of rotatable bonds is 7. The van der Waals surface area contributed by atoms with Gasteiger partial charge in [-0.2, -0.15) is 9.61 Å². The Balaban J connectivity index is 1.37. The summed E-state index contributed by atoms with van der Waals surface area (Å²) in [5.74, 6) is 1.20. The molecule has 2 unspecified atom stereocenters. The second-order valence-corrected chi connectivity index (χ2v) is 12.9. The van der Waals surface area contributed by atoms with Crippen molar-refractivity contribution in [1.82, 2.24) is 28.9 Å². The zero-order chi connectivity index (χ0) is 31.2. The molecule has 13 heteroatoms. The van der Waals surface area contributed by atoms with Crippen molar-refractivity contribution in [1.29, 1.82) is 0 Å². The van der Waals surface area contributed by atoms with Gasteiger partial charge in [-0.1, -0.05) is 12.5 Å². The summed E-state index contributed by atoms with van der Waals surface area (Å²) in [4.78, 5) is 37.7. The summed E-state index contributed by atoms with van der Waals surface area (Å²) in [6, 6.07) is 5.72. The number of ether oxygens (including phenoxy) is 1. The number of carbonyl (C=O) groups excluding carboxylic acids is 1. The zero-order valence-corrected chi connectivity index (χ0v) is 25.6. The Morgan fingerprint density at radius 3 is 2.64 bits per heavy atom. The van der Waals surface area contributed by atoms with Crippen molar-refractivity contribution in [3.05, 3.63) is 53.6 Å². The monoisotopic (exact) mass is 604 g/mol. The van der Waals surface area contributed by atoms with Crippen molar-refractivity contribution >= 4 is 35.1 Å². The molecule has 0 bridgehead atoms. The van der Waals surface area contributed by atoms with E-state index in [0.717, 1.165) is 36.0 Å². The molecule has 2 aliphatic rings. The number of hydrogen-bond donors (Lipinski definition) is 3. The minimum atomic E-state index is -1.03. The van der Waals surface area contributed by atoms with Crippen LogP contribution in [0.15, 0.2) is 36.8 Å². The fourth-order valence-electron chi connectivity index (χ4n) is 5.88. The van der Waals surface area contributed by atoms with Crippen molar-refractivity contribution in [2.24, 2.45) is 5.92 Å². The van der Waals surface area contributed by atoms with Crippen LogP contribution in [0.5, 0.6) is 0 Å². The highest BCUT2D eigenvalue weighted by Crippen LogP contribution is 2.39. The van der Waals surface area contributed by atoms with E-state index in [2.05, 4.69) is 5.32 Å². The predicted molar refractivity (Wildman–Crippen MR) is 164 cm³/mol. The minimum absolute atomic E-state index is 0.0682. The molecule has 4 aromatic rings. The number of aliphatic hydroxyl groups is 1. The van der Waals surface area contributed by atoms with Crippen LogP contribution in [0, 0.1) is 12.8 Å². The second kappa shape index (κ2) is 11.6. The van der Waals surface area contributed by atoms with Gasteiger partial charge in [0.05, 0.1) is 31.1 Å². The van der Waals surface area contributed by atoms with Gasteiger partial charge in [0.1, 0.15) is 22.9 Å². The van der Waals surface area contributed by atoms with Crippen LogP contribution in [0.1, 0.15) is 69.2 Å². The van der Waals surface area contributed by atoms with Gasteiger partial charge in [0, 0.05) is 43.0 Å². The number of pyridine rings is 1. The third-order valence-corrected chi connectivity index (χ3v) is 8.50. The molecule has 2 atom stereocenters. The number of carbonyl (C=O) groups is 2. The van der Waals surface area contributed by atoms with Crippen LogP contribution in [0.2, 0.25) is 0 Å². The van der Waals surface area contributed by atoms with Crippen molar-refractivity contribution in [3.8, 4) is 0 Å². The lowest BCUT2D eigenvalue weighted by molar-refractivity contribution is 0.0294. The maximum Gasteiger partial charge on any atom is 0.416 e. The van der Waals surface area contributed by atoms with Crippen LogP contribution in [-0.4, -0.2) is 82.6 Å². The van der Waals surface area contributed by atoms with Gasteiger partial charge in [0.15, 0.2) is 5.65 Å². The Labute approximate surface area is 255 Å². The standard InChI is InChI=1S/C31H40N8O5/c1-19-7-6-11-36-16-22(34-27(19)36)17-38(30(43)44-31(2,3)4)26-13-25(32-14-21-10-12-37(29(41)42)18-24(21)40)35-28-23(15-33-39(26)28)20-8-5-9-20/h6-7,11,13,15-16,20-21,24,40H,5,8-10,12,14,17-18H2,1-4H3,(H,32,35)(H,41,42). The molecule has 1 aliphatic heterocycles. The third kappa shape index (κ3) is 6.01. The quantitative estimate of drug-likeness (QED) is 0.274. The lowest BCUT2D eigenvalue weighted by Crippen LogP contribution is -2.47. The van der Waals surface area contributed by atoms with E-state index in [0.29, 0.717) is 48.4 Å². The number of β-amino-alcohol motifs (C(OH)–C–C–N with tert-alkyl or cyclic N) is 1. The number of carboxylic acid groups (broad SMARTS) is 1. The molecule has 0 spiro atoms. The molecule has 0 aromatic carbocycles. The molecule has 13 nitrogen and oxygen atoms in total. The first-order valence-corrected chi connectivity index (χ1v) is 15.2. The van der Waals surface area contributed by atoms with Crippen molar-refractivity contribution in [3.63, 3.8) is 0 Å². The fourth-order valence-corrected chi connectivity index (χ4v) is 5.88. The summed E-state index contributed by atoms with van der Waals surface area (Å²) in [5.41, 5.74) is 3.48. The Hall–Kier alpha value is -4.39. The van der Waals surface area contributed by atoms with Gasteiger partial charge in [-0.05, 0) is 64.5 Å². The lowest BCUT2D eigenvalue weighted by Gasteiger charge is -2.34. The number of amides is 2. The number of anilines is 2. The summed E-state index contributed by atoms with van der Waals surface area (Å²) >= 11 is 0. The number of likely N-dealkylation sites (tertiary alicyclic amines) is 1. The Bertz CT molecular complexity index is 1690. The molecule has 1 aliphatic carbocycles. The molecule has 1 saturated heterocycles. The highest BCUT2D eigenvalue weighted by Gasteiger charge is 2.32. The number of imidazole rings is 1. The Morgan fingerprint density at radius 2 is 1.98 bits per heavy atom. The van der Waals surface area contributed by atoms with Crippen LogP contribution in [0.4, 0.5) is 21.2 Å². The molecule has 6 rings (SSSR count). The molecule has 0 radical (unpaired) electrons. The second-order valence-electron chi connectivity index (χ2n) is 12.9. The van der Waals surface area contributed by atoms with E-state index in [-0.39, 0.29) is 19.0 Å². The van der Waals surface area contributed by atoms with Gasteiger partial charge in [0.2, 0.25) is 0 Å². The van der Waals surface area contributed by atoms with E-state index in [1.165, 1.54) is 4.90 Å².